The number of carboxylic acids is 1. The van der Waals surface area contributed by atoms with Gasteiger partial charge in [-0.1, -0.05) is 11.6 Å². The lowest BCUT2D eigenvalue weighted by Gasteiger charge is -2.00. The van der Waals surface area contributed by atoms with Gasteiger partial charge in [0, 0.05) is 18.9 Å². The zero-order valence-corrected chi connectivity index (χ0v) is 8.18. The minimum atomic E-state index is -0.820. The van der Waals surface area contributed by atoms with Crippen molar-refractivity contribution in [3.63, 3.8) is 0 Å². The standard InChI is InChI=1S/C11H12N2O2/c14-11(15)10-6-9(7-13-10)5-8-1-3-12-4-2-8/h1-4,6,10,13H,5,7H2,(H,14,15)/t10-/m0/s1. The van der Waals surface area contributed by atoms with Gasteiger partial charge in [0.1, 0.15) is 6.04 Å². The highest BCUT2D eigenvalue weighted by molar-refractivity contribution is 5.76. The number of aromatic nitrogens is 1. The molecule has 0 aliphatic carbocycles. The van der Waals surface area contributed by atoms with E-state index in [0.717, 1.165) is 17.6 Å². The summed E-state index contributed by atoms with van der Waals surface area (Å²) in [4.78, 5) is 14.6. The number of nitrogens with one attached hydrogen (secondary N) is 1. The molecule has 1 aromatic rings. The molecular weight excluding hydrogens is 192 g/mol. The van der Waals surface area contributed by atoms with Crippen LogP contribution in [0.25, 0.3) is 0 Å². The molecule has 0 fully saturated rings. The van der Waals surface area contributed by atoms with E-state index in [1.807, 2.05) is 12.1 Å². The summed E-state index contributed by atoms with van der Waals surface area (Å²) in [6.07, 6.45) is 6.06. The van der Waals surface area contributed by atoms with Crippen molar-refractivity contribution in [2.24, 2.45) is 0 Å². The lowest BCUT2D eigenvalue weighted by atomic mass is 10.1. The third-order valence-corrected chi connectivity index (χ3v) is 2.40. The van der Waals surface area contributed by atoms with Crippen LogP contribution < -0.4 is 5.32 Å². The van der Waals surface area contributed by atoms with E-state index in [0.29, 0.717) is 6.54 Å². The second kappa shape index (κ2) is 4.23. The fraction of sp³-hybridized carbons (Fsp3) is 0.273. The van der Waals surface area contributed by atoms with Gasteiger partial charge in [0.25, 0.3) is 0 Å². The van der Waals surface area contributed by atoms with Crippen LogP contribution in [0.5, 0.6) is 0 Å². The highest BCUT2D eigenvalue weighted by atomic mass is 16.4. The van der Waals surface area contributed by atoms with Gasteiger partial charge >= 0.3 is 5.97 Å². The Hall–Kier alpha value is -1.68. The molecule has 0 amide bonds. The minimum absolute atomic E-state index is 0.526. The first-order valence-electron chi connectivity index (χ1n) is 4.80. The molecule has 0 saturated heterocycles. The largest absolute Gasteiger partial charge is 0.480 e. The minimum Gasteiger partial charge on any atom is -0.480 e. The predicted molar refractivity (Wildman–Crippen MR) is 55.5 cm³/mol. The number of carbonyl (C=O) groups is 1. The van der Waals surface area contributed by atoms with Gasteiger partial charge in [0.05, 0.1) is 0 Å². The van der Waals surface area contributed by atoms with Crippen LogP contribution in [0.2, 0.25) is 0 Å². The maximum atomic E-state index is 10.7. The smallest absolute Gasteiger partial charge is 0.324 e. The lowest BCUT2D eigenvalue weighted by Crippen LogP contribution is -2.30. The molecule has 2 rings (SSSR count). The third kappa shape index (κ3) is 2.41. The van der Waals surface area contributed by atoms with Gasteiger partial charge in [0.2, 0.25) is 0 Å². The van der Waals surface area contributed by atoms with E-state index in [4.69, 9.17) is 5.11 Å². The first-order valence-corrected chi connectivity index (χ1v) is 4.80. The number of hydrogen-bond acceptors (Lipinski definition) is 3. The van der Waals surface area contributed by atoms with Crippen molar-refractivity contribution in [3.05, 3.63) is 41.7 Å². The van der Waals surface area contributed by atoms with Crippen LogP contribution in [0.4, 0.5) is 0 Å². The number of carboxylic acid groups (broad SMARTS) is 1. The van der Waals surface area contributed by atoms with Crippen molar-refractivity contribution in [2.45, 2.75) is 12.5 Å². The molecule has 1 aliphatic rings. The van der Waals surface area contributed by atoms with Gasteiger partial charge in [-0.2, -0.15) is 0 Å². The first-order chi connectivity index (χ1) is 7.25. The van der Waals surface area contributed by atoms with Crippen molar-refractivity contribution in [3.8, 4) is 0 Å². The lowest BCUT2D eigenvalue weighted by molar-refractivity contribution is -0.137. The quantitative estimate of drug-likeness (QED) is 0.708. The molecule has 1 aromatic heterocycles. The molecule has 0 unspecified atom stereocenters. The van der Waals surface area contributed by atoms with E-state index in [2.05, 4.69) is 10.3 Å². The molecule has 0 radical (unpaired) electrons. The Bertz CT molecular complexity index is 387. The van der Waals surface area contributed by atoms with Crippen LogP contribution in [0.3, 0.4) is 0 Å². The number of hydrogen-bond donors (Lipinski definition) is 2. The molecule has 0 spiro atoms. The number of nitrogens with zero attached hydrogens (tertiary/aromatic N) is 1. The maximum absolute atomic E-state index is 10.7. The second-order valence-corrected chi connectivity index (χ2v) is 3.55. The predicted octanol–water partition coefficient (Wildman–Crippen LogP) is 0.607. The van der Waals surface area contributed by atoms with Crippen molar-refractivity contribution in [2.75, 3.05) is 6.54 Å². The summed E-state index contributed by atoms with van der Waals surface area (Å²) >= 11 is 0. The molecule has 15 heavy (non-hydrogen) atoms. The Morgan fingerprint density at radius 3 is 2.87 bits per heavy atom. The van der Waals surface area contributed by atoms with E-state index in [1.54, 1.807) is 18.5 Å². The van der Waals surface area contributed by atoms with Crippen LogP contribution in [0.15, 0.2) is 36.2 Å². The summed E-state index contributed by atoms with van der Waals surface area (Å²) in [5, 5.41) is 11.7. The van der Waals surface area contributed by atoms with Crippen molar-refractivity contribution in [1.82, 2.24) is 10.3 Å². The molecule has 1 aliphatic heterocycles. The average Bonchev–Trinajstić information content (AvgIpc) is 2.68. The Morgan fingerprint density at radius 1 is 1.53 bits per heavy atom. The van der Waals surface area contributed by atoms with Crippen LogP contribution >= 0.6 is 0 Å². The highest BCUT2D eigenvalue weighted by Gasteiger charge is 2.20. The first kappa shape index (κ1) is 9.86. The van der Waals surface area contributed by atoms with E-state index in [1.165, 1.54) is 0 Å². The van der Waals surface area contributed by atoms with E-state index in [-0.39, 0.29) is 0 Å². The molecule has 78 valence electrons. The van der Waals surface area contributed by atoms with Crippen LogP contribution in [0, 0.1) is 0 Å². The molecular formula is C11H12N2O2. The van der Waals surface area contributed by atoms with Crippen molar-refractivity contribution >= 4 is 5.97 Å². The molecule has 0 bridgehead atoms. The van der Waals surface area contributed by atoms with E-state index in [9.17, 15) is 4.79 Å². The second-order valence-electron chi connectivity index (χ2n) is 3.55. The Labute approximate surface area is 87.7 Å². The summed E-state index contributed by atoms with van der Waals surface area (Å²) in [5.41, 5.74) is 2.28. The van der Waals surface area contributed by atoms with Gasteiger partial charge in [-0.25, -0.2) is 0 Å². The van der Waals surface area contributed by atoms with Crippen LogP contribution in [-0.2, 0) is 11.2 Å². The molecule has 2 N–H and O–H groups in total. The average molecular weight is 204 g/mol. The monoisotopic (exact) mass is 204 g/mol. The SMILES string of the molecule is O=C(O)[C@@H]1C=C(Cc2ccncc2)CN1. The highest BCUT2D eigenvalue weighted by Crippen LogP contribution is 2.12. The van der Waals surface area contributed by atoms with Gasteiger partial charge in [-0.05, 0) is 24.1 Å². The number of aliphatic carboxylic acids is 1. The topological polar surface area (TPSA) is 62.2 Å². The summed E-state index contributed by atoms with van der Waals surface area (Å²) in [7, 11) is 0. The van der Waals surface area contributed by atoms with E-state index < -0.39 is 12.0 Å². The molecule has 4 heteroatoms. The van der Waals surface area contributed by atoms with Crippen molar-refractivity contribution in [1.29, 1.82) is 0 Å². The van der Waals surface area contributed by atoms with Crippen molar-refractivity contribution < 1.29 is 9.90 Å². The Morgan fingerprint density at radius 2 is 2.27 bits per heavy atom. The van der Waals surface area contributed by atoms with Gasteiger partial charge in [-0.3, -0.25) is 15.1 Å². The number of pyridine rings is 1. The Balaban J connectivity index is 2.03. The van der Waals surface area contributed by atoms with Gasteiger partial charge in [-0.15, -0.1) is 0 Å². The number of rotatable bonds is 3. The van der Waals surface area contributed by atoms with Crippen LogP contribution in [-0.4, -0.2) is 28.6 Å². The Kier molecular flexibility index (Phi) is 2.78. The van der Waals surface area contributed by atoms with Gasteiger partial charge < -0.3 is 5.11 Å². The molecule has 0 aromatic carbocycles. The normalized spacial score (nSPS) is 20.0. The fourth-order valence-electron chi connectivity index (χ4n) is 1.64. The van der Waals surface area contributed by atoms with Gasteiger partial charge in [0.15, 0.2) is 0 Å². The fourth-order valence-corrected chi connectivity index (χ4v) is 1.64. The maximum Gasteiger partial charge on any atom is 0.324 e. The molecule has 1 atom stereocenters. The summed E-state index contributed by atoms with van der Waals surface area (Å²) in [6, 6.07) is 3.35. The summed E-state index contributed by atoms with van der Waals surface area (Å²) < 4.78 is 0. The van der Waals surface area contributed by atoms with E-state index >= 15 is 0 Å². The van der Waals surface area contributed by atoms with Crippen LogP contribution in [0.1, 0.15) is 5.56 Å². The molecule has 2 heterocycles. The zero-order chi connectivity index (χ0) is 10.7. The summed E-state index contributed by atoms with van der Waals surface area (Å²) in [6.45, 7) is 0.652. The molecule has 0 saturated carbocycles. The summed E-state index contributed by atoms with van der Waals surface area (Å²) in [5.74, 6) is -0.820. The zero-order valence-electron chi connectivity index (χ0n) is 8.18. The third-order valence-electron chi connectivity index (χ3n) is 2.40. The molecule has 4 nitrogen and oxygen atoms in total.